The fourth-order valence-electron chi connectivity index (χ4n) is 2.39. The summed E-state index contributed by atoms with van der Waals surface area (Å²) in [7, 11) is 2.95. The van der Waals surface area contributed by atoms with Crippen LogP contribution in [0.5, 0.6) is 23.0 Å². The number of hydrazone groups is 1. The molecular weight excluding hydrogens is 414 g/mol. The van der Waals surface area contributed by atoms with Gasteiger partial charge in [0.1, 0.15) is 0 Å². The smallest absolute Gasteiger partial charge is 0.259 e. The molecule has 0 atom stereocenters. The van der Waals surface area contributed by atoms with E-state index >= 15 is 0 Å². The molecular formula is C20H22ClN3O6. The van der Waals surface area contributed by atoms with Gasteiger partial charge in [0.25, 0.3) is 11.8 Å². The van der Waals surface area contributed by atoms with Crippen LogP contribution in [-0.2, 0) is 4.79 Å². The van der Waals surface area contributed by atoms with E-state index in [9.17, 15) is 14.7 Å². The van der Waals surface area contributed by atoms with E-state index in [-0.39, 0.29) is 23.1 Å². The Hall–Kier alpha value is -3.46. The first-order valence-electron chi connectivity index (χ1n) is 8.87. The van der Waals surface area contributed by atoms with Gasteiger partial charge in [-0.15, -0.1) is 0 Å². The van der Waals surface area contributed by atoms with Crippen molar-refractivity contribution < 1.29 is 28.9 Å². The van der Waals surface area contributed by atoms with Crippen molar-refractivity contribution in [2.75, 3.05) is 27.4 Å². The lowest BCUT2D eigenvalue weighted by molar-refractivity contribution is -0.120. The van der Waals surface area contributed by atoms with Crippen LogP contribution in [0.2, 0.25) is 5.02 Å². The molecule has 2 aromatic rings. The number of benzene rings is 2. The summed E-state index contributed by atoms with van der Waals surface area (Å²) < 4.78 is 15.5. The van der Waals surface area contributed by atoms with Crippen molar-refractivity contribution in [1.29, 1.82) is 0 Å². The Bertz CT molecular complexity index is 948. The van der Waals surface area contributed by atoms with Gasteiger partial charge in [-0.1, -0.05) is 11.6 Å². The van der Waals surface area contributed by atoms with E-state index in [4.69, 9.17) is 25.8 Å². The molecule has 0 saturated carbocycles. The molecule has 30 heavy (non-hydrogen) atoms. The van der Waals surface area contributed by atoms with Gasteiger partial charge in [-0.05, 0) is 42.8 Å². The lowest BCUT2D eigenvalue weighted by atomic mass is 10.2. The fourth-order valence-corrected chi connectivity index (χ4v) is 2.61. The molecule has 0 saturated heterocycles. The molecule has 0 aliphatic heterocycles. The number of amides is 2. The Morgan fingerprint density at radius 2 is 1.87 bits per heavy atom. The number of methoxy groups -OCH3 is 2. The highest BCUT2D eigenvalue weighted by Crippen LogP contribution is 2.34. The van der Waals surface area contributed by atoms with Crippen LogP contribution in [0, 0.1) is 0 Å². The summed E-state index contributed by atoms with van der Waals surface area (Å²) in [4.78, 5) is 24.1. The van der Waals surface area contributed by atoms with Gasteiger partial charge in [0.05, 0.1) is 38.6 Å². The van der Waals surface area contributed by atoms with Crippen LogP contribution in [0.3, 0.4) is 0 Å². The number of halogens is 1. The van der Waals surface area contributed by atoms with Crippen molar-refractivity contribution in [3.8, 4) is 23.0 Å². The van der Waals surface area contributed by atoms with Crippen molar-refractivity contribution in [3.05, 3.63) is 46.5 Å². The number of rotatable bonds is 9. The number of phenolic OH excluding ortho intramolecular Hbond substituents is 1. The maximum atomic E-state index is 12.2. The number of ether oxygens (including phenoxy) is 3. The molecule has 0 unspecified atom stereocenters. The Labute approximate surface area is 178 Å². The molecule has 2 aromatic carbocycles. The summed E-state index contributed by atoms with van der Waals surface area (Å²) >= 11 is 5.94. The molecule has 9 nitrogen and oxygen atoms in total. The van der Waals surface area contributed by atoms with E-state index in [1.54, 1.807) is 19.1 Å². The molecule has 0 aliphatic rings. The van der Waals surface area contributed by atoms with Crippen LogP contribution in [0.4, 0.5) is 0 Å². The summed E-state index contributed by atoms with van der Waals surface area (Å²) in [5.74, 6) is -0.0598. The number of carbonyl (C=O) groups is 2. The van der Waals surface area contributed by atoms with Crippen LogP contribution in [-0.4, -0.2) is 50.5 Å². The zero-order chi connectivity index (χ0) is 22.1. The highest BCUT2D eigenvalue weighted by atomic mass is 35.5. The highest BCUT2D eigenvalue weighted by molar-refractivity contribution is 6.32. The van der Waals surface area contributed by atoms with Gasteiger partial charge in [-0.3, -0.25) is 9.59 Å². The van der Waals surface area contributed by atoms with Crippen LogP contribution < -0.4 is 25.0 Å². The maximum absolute atomic E-state index is 12.2. The number of carbonyl (C=O) groups excluding carboxylic acids is 2. The van der Waals surface area contributed by atoms with Crippen LogP contribution >= 0.6 is 11.6 Å². The van der Waals surface area contributed by atoms with E-state index in [2.05, 4.69) is 15.8 Å². The average Bonchev–Trinajstić information content (AvgIpc) is 2.75. The second kappa shape index (κ2) is 10.9. The Morgan fingerprint density at radius 1 is 1.13 bits per heavy atom. The summed E-state index contributed by atoms with van der Waals surface area (Å²) in [5, 5.41) is 16.2. The minimum absolute atomic E-state index is 0.0934. The SMILES string of the molecule is CCOc1cc(/C=N/NC(=O)CNC(=O)c2ccc(OC)c(OC)c2)cc(Cl)c1O. The van der Waals surface area contributed by atoms with Crippen LogP contribution in [0.1, 0.15) is 22.8 Å². The fraction of sp³-hybridized carbons (Fsp3) is 0.250. The molecule has 0 aliphatic carbocycles. The molecule has 0 spiro atoms. The molecule has 2 amide bonds. The predicted molar refractivity (Wildman–Crippen MR) is 112 cm³/mol. The van der Waals surface area contributed by atoms with E-state index in [0.29, 0.717) is 29.2 Å². The van der Waals surface area contributed by atoms with Gasteiger partial charge in [-0.25, -0.2) is 5.43 Å². The Kier molecular flexibility index (Phi) is 8.30. The van der Waals surface area contributed by atoms with E-state index in [1.165, 1.54) is 38.6 Å². The van der Waals surface area contributed by atoms with E-state index in [1.807, 2.05) is 0 Å². The van der Waals surface area contributed by atoms with Gasteiger partial charge in [0.15, 0.2) is 23.0 Å². The van der Waals surface area contributed by atoms with Gasteiger partial charge < -0.3 is 24.6 Å². The van der Waals surface area contributed by atoms with Crippen molar-refractivity contribution in [2.24, 2.45) is 5.10 Å². The molecule has 0 aromatic heterocycles. The zero-order valence-electron chi connectivity index (χ0n) is 16.7. The number of hydrogen-bond acceptors (Lipinski definition) is 7. The third-order valence-corrected chi connectivity index (χ3v) is 4.10. The molecule has 10 heteroatoms. The first kappa shape index (κ1) is 22.8. The van der Waals surface area contributed by atoms with Crippen molar-refractivity contribution in [3.63, 3.8) is 0 Å². The molecule has 160 valence electrons. The minimum atomic E-state index is -0.532. The molecule has 0 fully saturated rings. The number of nitrogens with one attached hydrogen (secondary N) is 2. The zero-order valence-corrected chi connectivity index (χ0v) is 17.4. The van der Waals surface area contributed by atoms with E-state index in [0.717, 1.165) is 0 Å². The van der Waals surface area contributed by atoms with Gasteiger partial charge in [0, 0.05) is 5.56 Å². The van der Waals surface area contributed by atoms with Gasteiger partial charge in [-0.2, -0.15) is 5.10 Å². The van der Waals surface area contributed by atoms with Gasteiger partial charge in [0.2, 0.25) is 0 Å². The lowest BCUT2D eigenvalue weighted by Gasteiger charge is -2.09. The molecule has 0 heterocycles. The number of aromatic hydroxyl groups is 1. The van der Waals surface area contributed by atoms with Crippen molar-refractivity contribution >= 4 is 29.6 Å². The normalized spacial score (nSPS) is 10.5. The van der Waals surface area contributed by atoms with Crippen LogP contribution in [0.15, 0.2) is 35.4 Å². The monoisotopic (exact) mass is 435 g/mol. The first-order chi connectivity index (χ1) is 14.4. The maximum Gasteiger partial charge on any atom is 0.259 e. The van der Waals surface area contributed by atoms with E-state index < -0.39 is 11.8 Å². The third-order valence-electron chi connectivity index (χ3n) is 3.81. The minimum Gasteiger partial charge on any atom is -0.503 e. The number of phenols is 1. The highest BCUT2D eigenvalue weighted by Gasteiger charge is 2.12. The Morgan fingerprint density at radius 3 is 2.53 bits per heavy atom. The van der Waals surface area contributed by atoms with Crippen molar-refractivity contribution in [1.82, 2.24) is 10.7 Å². The van der Waals surface area contributed by atoms with Crippen LogP contribution in [0.25, 0.3) is 0 Å². The topological polar surface area (TPSA) is 118 Å². The lowest BCUT2D eigenvalue weighted by Crippen LogP contribution is -2.34. The number of nitrogens with zero attached hydrogens (tertiary/aromatic N) is 1. The number of hydrogen-bond donors (Lipinski definition) is 3. The molecule has 0 bridgehead atoms. The third kappa shape index (κ3) is 6.02. The summed E-state index contributed by atoms with van der Waals surface area (Å²) in [5.41, 5.74) is 3.11. The first-order valence-corrected chi connectivity index (χ1v) is 9.24. The largest absolute Gasteiger partial charge is 0.503 e. The quantitative estimate of drug-likeness (QED) is 0.411. The molecule has 3 N–H and O–H groups in total. The molecule has 0 radical (unpaired) electrons. The second-order valence-electron chi connectivity index (χ2n) is 5.83. The average molecular weight is 436 g/mol. The Balaban J connectivity index is 1.91. The summed E-state index contributed by atoms with van der Waals surface area (Å²) in [6.07, 6.45) is 1.34. The molecule has 2 rings (SSSR count). The summed E-state index contributed by atoms with van der Waals surface area (Å²) in [6, 6.07) is 7.65. The summed E-state index contributed by atoms with van der Waals surface area (Å²) in [6.45, 7) is 1.83. The predicted octanol–water partition coefficient (Wildman–Crippen LogP) is 2.34. The second-order valence-corrected chi connectivity index (χ2v) is 6.24. The standard InChI is InChI=1S/C20H22ClN3O6/c1-4-30-17-8-12(7-14(21)19(17)26)10-23-24-18(25)11-22-20(27)13-5-6-15(28-2)16(9-13)29-3/h5-10,26H,4,11H2,1-3H3,(H,22,27)(H,24,25)/b23-10+. The van der Waals surface area contributed by atoms with Gasteiger partial charge >= 0.3 is 0 Å². The van der Waals surface area contributed by atoms with Crippen molar-refractivity contribution in [2.45, 2.75) is 6.92 Å².